The lowest BCUT2D eigenvalue weighted by atomic mass is 9.83. The summed E-state index contributed by atoms with van der Waals surface area (Å²) in [6, 6.07) is 5.14. The number of benzene rings is 1. The SMILES string of the molecule is CCCC(C)(C)N(C)c1c(NC[C@H](O)[C@H](C[C@H](Cc2ccc(OC)c(OCCCOC)c2)C(C)C)NC(=O)OC(C)(C)C)c(=O)c1=O. The molecule has 2 rings (SSSR count). The maximum Gasteiger partial charge on any atom is 0.407 e. The normalized spacial score (nSPS) is 14.1. The van der Waals surface area contributed by atoms with Crippen molar-refractivity contribution in [3.8, 4) is 11.5 Å². The maximum atomic E-state index is 12.9. The number of methoxy groups -OCH3 is 2. The molecule has 3 N–H and O–H groups in total. The fourth-order valence-electron chi connectivity index (χ4n) is 5.63. The van der Waals surface area contributed by atoms with Gasteiger partial charge in [-0.1, -0.05) is 33.3 Å². The predicted octanol–water partition coefficient (Wildman–Crippen LogP) is 5.29. The van der Waals surface area contributed by atoms with Crippen molar-refractivity contribution in [3.05, 3.63) is 44.2 Å². The Kier molecular flexibility index (Phi) is 15.0. The van der Waals surface area contributed by atoms with Gasteiger partial charge in [0, 0.05) is 39.3 Å². The number of rotatable bonds is 20. The molecule has 0 unspecified atom stereocenters. The van der Waals surface area contributed by atoms with E-state index in [4.69, 9.17) is 18.9 Å². The molecule has 0 saturated heterocycles. The van der Waals surface area contributed by atoms with Crippen LogP contribution < -0.4 is 35.9 Å². The van der Waals surface area contributed by atoms with Crippen LogP contribution in [-0.2, 0) is 15.9 Å². The van der Waals surface area contributed by atoms with Crippen LogP contribution in [-0.4, -0.2) is 75.5 Å². The third kappa shape index (κ3) is 11.7. The Morgan fingerprint density at radius 2 is 1.70 bits per heavy atom. The minimum atomic E-state index is -1.09. The van der Waals surface area contributed by atoms with E-state index in [1.807, 2.05) is 44.0 Å². The first-order valence-corrected chi connectivity index (χ1v) is 16.7. The molecule has 0 saturated carbocycles. The minimum Gasteiger partial charge on any atom is -0.493 e. The minimum absolute atomic E-state index is 0.0435. The second-order valence-corrected chi connectivity index (χ2v) is 14.3. The van der Waals surface area contributed by atoms with Crippen molar-refractivity contribution < 1.29 is 28.8 Å². The van der Waals surface area contributed by atoms with Crippen LogP contribution in [0.15, 0.2) is 27.8 Å². The van der Waals surface area contributed by atoms with Crippen LogP contribution >= 0.6 is 0 Å². The summed E-state index contributed by atoms with van der Waals surface area (Å²) in [5.74, 6) is 1.52. The van der Waals surface area contributed by atoms with Crippen LogP contribution in [0.2, 0.25) is 0 Å². The van der Waals surface area contributed by atoms with E-state index in [1.54, 1.807) is 35.0 Å². The summed E-state index contributed by atoms with van der Waals surface area (Å²) in [6.07, 6.45) is 1.84. The van der Waals surface area contributed by atoms with E-state index in [0.29, 0.717) is 43.2 Å². The van der Waals surface area contributed by atoms with Gasteiger partial charge in [-0.3, -0.25) is 9.59 Å². The number of hydrogen-bond acceptors (Lipinski definition) is 10. The molecule has 11 heteroatoms. The third-order valence-electron chi connectivity index (χ3n) is 8.62. The standard InChI is InChI=1S/C36H59N3O8/c1-12-16-36(7,8)39(9)31-30(32(41)33(31)42)37-22-27(40)26(38-34(43)47-35(4,5)6)21-25(23(2)3)19-24-14-15-28(45-11)29(20-24)46-18-13-17-44-10/h14-15,20,23,25-27,37,40H,12-13,16-19,21-22H2,1-11H3,(H,38,43)/t25-,26-,27-/m0/s1. The Labute approximate surface area is 281 Å². The van der Waals surface area contributed by atoms with Gasteiger partial charge in [0.2, 0.25) is 0 Å². The van der Waals surface area contributed by atoms with Gasteiger partial charge in [-0.05, 0) is 83.4 Å². The second kappa shape index (κ2) is 17.7. The number of alkyl carbamates (subject to hydrolysis) is 1. The molecule has 266 valence electrons. The summed E-state index contributed by atoms with van der Waals surface area (Å²) < 4.78 is 22.2. The quantitative estimate of drug-likeness (QED) is 0.127. The molecule has 0 spiro atoms. The Morgan fingerprint density at radius 3 is 2.28 bits per heavy atom. The molecule has 0 aliphatic heterocycles. The van der Waals surface area contributed by atoms with Crippen molar-refractivity contribution >= 4 is 17.5 Å². The topological polar surface area (TPSA) is 136 Å². The zero-order valence-electron chi connectivity index (χ0n) is 30.5. The molecule has 0 aromatic heterocycles. The van der Waals surface area contributed by atoms with E-state index in [1.165, 1.54) is 0 Å². The summed E-state index contributed by atoms with van der Waals surface area (Å²) in [6.45, 7) is 16.7. The maximum absolute atomic E-state index is 12.9. The van der Waals surface area contributed by atoms with Crippen molar-refractivity contribution in [2.45, 2.75) is 111 Å². The molecule has 0 radical (unpaired) electrons. The third-order valence-corrected chi connectivity index (χ3v) is 8.62. The highest BCUT2D eigenvalue weighted by Crippen LogP contribution is 2.32. The monoisotopic (exact) mass is 661 g/mol. The van der Waals surface area contributed by atoms with Gasteiger partial charge in [0.25, 0.3) is 10.9 Å². The Bertz CT molecular complexity index is 1340. The summed E-state index contributed by atoms with van der Waals surface area (Å²) in [7, 11) is 5.07. The number of hydrogen-bond donors (Lipinski definition) is 3. The Morgan fingerprint density at radius 1 is 1.02 bits per heavy atom. The van der Waals surface area contributed by atoms with Crippen LogP contribution in [0.1, 0.15) is 86.6 Å². The van der Waals surface area contributed by atoms with Crippen molar-refractivity contribution in [2.75, 3.05) is 51.2 Å². The summed E-state index contributed by atoms with van der Waals surface area (Å²) >= 11 is 0. The summed E-state index contributed by atoms with van der Waals surface area (Å²) in [5.41, 5.74) is -0.687. The predicted molar refractivity (Wildman–Crippen MR) is 188 cm³/mol. The van der Waals surface area contributed by atoms with Gasteiger partial charge < -0.3 is 39.6 Å². The number of carbonyl (C=O) groups excluding carboxylic acids is 1. The number of anilines is 2. The summed E-state index contributed by atoms with van der Waals surface area (Å²) in [4.78, 5) is 40.0. The average molecular weight is 662 g/mol. The van der Waals surface area contributed by atoms with Crippen LogP contribution in [0, 0.1) is 11.8 Å². The van der Waals surface area contributed by atoms with Gasteiger partial charge in [0.15, 0.2) is 11.5 Å². The molecule has 11 nitrogen and oxygen atoms in total. The van der Waals surface area contributed by atoms with Crippen LogP contribution in [0.3, 0.4) is 0 Å². The number of amides is 1. The van der Waals surface area contributed by atoms with Crippen LogP contribution in [0.4, 0.5) is 16.2 Å². The van der Waals surface area contributed by atoms with E-state index in [-0.39, 0.29) is 29.6 Å². The number of ether oxygens (including phenoxy) is 4. The fraction of sp³-hybridized carbons (Fsp3) is 0.694. The van der Waals surface area contributed by atoms with Crippen LogP contribution in [0.5, 0.6) is 11.5 Å². The van der Waals surface area contributed by atoms with E-state index in [9.17, 15) is 19.5 Å². The van der Waals surface area contributed by atoms with Gasteiger partial charge in [0.05, 0.1) is 25.9 Å². The van der Waals surface area contributed by atoms with Gasteiger partial charge in [-0.15, -0.1) is 0 Å². The van der Waals surface area contributed by atoms with Crippen molar-refractivity contribution in [3.63, 3.8) is 0 Å². The van der Waals surface area contributed by atoms with E-state index in [2.05, 4.69) is 31.4 Å². The van der Waals surface area contributed by atoms with E-state index >= 15 is 0 Å². The van der Waals surface area contributed by atoms with E-state index in [0.717, 1.165) is 24.8 Å². The van der Waals surface area contributed by atoms with Gasteiger partial charge in [-0.25, -0.2) is 4.79 Å². The van der Waals surface area contributed by atoms with Gasteiger partial charge in [0.1, 0.15) is 17.0 Å². The first-order valence-electron chi connectivity index (χ1n) is 16.7. The molecule has 1 amide bonds. The molecule has 3 atom stereocenters. The van der Waals surface area contributed by atoms with Crippen molar-refractivity contribution in [2.24, 2.45) is 11.8 Å². The smallest absolute Gasteiger partial charge is 0.407 e. The number of nitrogens with zero attached hydrogens (tertiary/aromatic N) is 1. The molecule has 2 aromatic carbocycles. The fourth-order valence-corrected chi connectivity index (χ4v) is 5.63. The lowest BCUT2D eigenvalue weighted by Crippen LogP contribution is -2.51. The average Bonchev–Trinajstić information content (AvgIpc) is 2.98. The molecule has 0 aliphatic carbocycles. The molecule has 0 heterocycles. The van der Waals surface area contributed by atoms with Gasteiger partial charge in [-0.2, -0.15) is 0 Å². The number of aliphatic hydroxyl groups is 1. The highest BCUT2D eigenvalue weighted by molar-refractivity contribution is 5.76. The van der Waals surface area contributed by atoms with Crippen LogP contribution in [0.25, 0.3) is 0 Å². The molecule has 0 bridgehead atoms. The molecule has 0 aliphatic rings. The zero-order chi connectivity index (χ0) is 35.5. The molecular weight excluding hydrogens is 602 g/mol. The Hall–Kier alpha value is -3.31. The summed E-state index contributed by atoms with van der Waals surface area (Å²) in [5, 5.41) is 17.4. The number of aliphatic hydroxyl groups excluding tert-OH is 1. The molecule has 2 aromatic rings. The lowest BCUT2D eigenvalue weighted by Gasteiger charge is -2.39. The first-order chi connectivity index (χ1) is 21.9. The highest BCUT2D eigenvalue weighted by Gasteiger charge is 2.34. The molecule has 0 fully saturated rings. The van der Waals surface area contributed by atoms with Crippen molar-refractivity contribution in [1.29, 1.82) is 0 Å². The van der Waals surface area contributed by atoms with Crippen molar-refractivity contribution in [1.82, 2.24) is 5.32 Å². The Balaban J connectivity index is 2.30. The lowest BCUT2D eigenvalue weighted by molar-refractivity contribution is 0.0404. The molecule has 47 heavy (non-hydrogen) atoms. The largest absolute Gasteiger partial charge is 0.493 e. The zero-order valence-corrected chi connectivity index (χ0v) is 30.5. The molecular formula is C36H59N3O8. The van der Waals surface area contributed by atoms with Gasteiger partial charge >= 0.3 is 6.09 Å². The van der Waals surface area contributed by atoms with E-state index < -0.39 is 34.7 Å². The number of nitrogens with one attached hydrogen (secondary N) is 2. The highest BCUT2D eigenvalue weighted by atomic mass is 16.6. The first kappa shape index (κ1) is 39.9. The number of carbonyl (C=O) groups is 1. The second-order valence-electron chi connectivity index (χ2n) is 14.3.